The maximum Gasteiger partial charge on any atom is 0.0448 e. The monoisotopic (exact) mass is 600 g/mol. The van der Waals surface area contributed by atoms with Crippen LogP contribution in [0.1, 0.15) is 80.8 Å². The molecule has 0 aromatic heterocycles. The van der Waals surface area contributed by atoms with Crippen LogP contribution >= 0.6 is 0 Å². The first-order valence-electron chi connectivity index (χ1n) is 17.0. The average molecular weight is 601 g/mol. The number of fused-ring (bicyclic) bond motifs is 5. The van der Waals surface area contributed by atoms with Gasteiger partial charge < -0.3 is 9.80 Å². The van der Waals surface area contributed by atoms with E-state index in [1.54, 1.807) is 0 Å². The summed E-state index contributed by atoms with van der Waals surface area (Å²) in [6.07, 6.45) is 9.14. The van der Waals surface area contributed by atoms with Gasteiger partial charge in [-0.25, -0.2) is 0 Å². The van der Waals surface area contributed by atoms with Crippen molar-refractivity contribution in [2.45, 2.75) is 77.3 Å². The van der Waals surface area contributed by atoms with E-state index in [9.17, 15) is 0 Å². The molecule has 1 aliphatic carbocycles. The standard InChI is InChI=1S/C44H44N2/c1-30-14-20-33-10-6-8-12-41(33)45(30)35-21-17-31(18-22-35)15-16-32-19-24-37-38-25-23-36(29-40(38)44(4,5)39(37)28-32)46-42-13-9-7-11-34(42)26-27-43(46,2)3/h6-13,15-19,21-25,28-30H,14,20,26-27H2,1-5H3/b16-15+. The Morgan fingerprint density at radius 3 is 1.96 bits per heavy atom. The van der Waals surface area contributed by atoms with Crippen molar-refractivity contribution >= 4 is 34.9 Å². The minimum Gasteiger partial charge on any atom is -0.338 e. The summed E-state index contributed by atoms with van der Waals surface area (Å²) < 4.78 is 0. The molecule has 0 amide bonds. The molecule has 46 heavy (non-hydrogen) atoms. The van der Waals surface area contributed by atoms with Crippen LogP contribution in [-0.2, 0) is 18.3 Å². The molecular weight excluding hydrogens is 556 g/mol. The van der Waals surface area contributed by atoms with Crippen LogP contribution in [0.15, 0.2) is 109 Å². The van der Waals surface area contributed by atoms with Gasteiger partial charge in [0.1, 0.15) is 0 Å². The molecular formula is C44H44N2. The second kappa shape index (κ2) is 10.8. The highest BCUT2D eigenvalue weighted by molar-refractivity contribution is 5.85. The molecule has 0 radical (unpaired) electrons. The lowest BCUT2D eigenvalue weighted by Crippen LogP contribution is -2.44. The van der Waals surface area contributed by atoms with Gasteiger partial charge in [0.25, 0.3) is 0 Å². The average Bonchev–Trinajstić information content (AvgIpc) is 3.29. The van der Waals surface area contributed by atoms with E-state index in [0.717, 1.165) is 19.3 Å². The van der Waals surface area contributed by atoms with Crippen molar-refractivity contribution < 1.29 is 0 Å². The van der Waals surface area contributed by atoms with Gasteiger partial charge in [-0.3, -0.25) is 0 Å². The number of rotatable bonds is 4. The van der Waals surface area contributed by atoms with E-state index in [1.807, 2.05) is 0 Å². The molecule has 0 bridgehead atoms. The SMILES string of the molecule is CC1CCc2ccccc2N1c1ccc(/C=C/c2ccc3c(c2)C(C)(C)c2cc(N4c5ccccc5CCC4(C)C)ccc2-3)cc1. The zero-order valence-electron chi connectivity index (χ0n) is 27.8. The molecule has 5 aromatic carbocycles. The summed E-state index contributed by atoms with van der Waals surface area (Å²) in [6, 6.07) is 41.6. The summed E-state index contributed by atoms with van der Waals surface area (Å²) in [5.74, 6) is 0. The van der Waals surface area contributed by atoms with Crippen LogP contribution in [-0.4, -0.2) is 11.6 Å². The zero-order valence-corrected chi connectivity index (χ0v) is 27.8. The first-order chi connectivity index (χ1) is 22.2. The van der Waals surface area contributed by atoms with Gasteiger partial charge in [0.15, 0.2) is 0 Å². The third-order valence-electron chi connectivity index (χ3n) is 10.9. The third-order valence-corrected chi connectivity index (χ3v) is 10.9. The Morgan fingerprint density at radius 1 is 0.609 bits per heavy atom. The van der Waals surface area contributed by atoms with Crippen molar-refractivity contribution in [3.63, 3.8) is 0 Å². The van der Waals surface area contributed by atoms with Crippen molar-refractivity contribution in [1.82, 2.24) is 0 Å². The van der Waals surface area contributed by atoms with Gasteiger partial charge in [-0.15, -0.1) is 0 Å². The quantitative estimate of drug-likeness (QED) is 0.189. The summed E-state index contributed by atoms with van der Waals surface area (Å²) in [5.41, 5.74) is 16.2. The molecule has 3 aliphatic rings. The van der Waals surface area contributed by atoms with Gasteiger partial charge >= 0.3 is 0 Å². The fraction of sp³-hybridized carbons (Fsp3) is 0.273. The van der Waals surface area contributed by atoms with E-state index < -0.39 is 0 Å². The van der Waals surface area contributed by atoms with Crippen molar-refractivity contribution in [1.29, 1.82) is 0 Å². The van der Waals surface area contributed by atoms with Crippen LogP contribution in [0.25, 0.3) is 23.3 Å². The van der Waals surface area contributed by atoms with Gasteiger partial charge in [-0.05, 0) is 127 Å². The van der Waals surface area contributed by atoms with E-state index in [4.69, 9.17) is 0 Å². The molecule has 2 nitrogen and oxygen atoms in total. The Morgan fingerprint density at radius 2 is 1.20 bits per heavy atom. The Hall–Kier alpha value is -4.56. The molecule has 1 atom stereocenters. The predicted octanol–water partition coefficient (Wildman–Crippen LogP) is 11.5. The van der Waals surface area contributed by atoms with Crippen molar-refractivity contribution in [3.8, 4) is 11.1 Å². The molecule has 0 N–H and O–H groups in total. The van der Waals surface area contributed by atoms with Gasteiger partial charge in [0, 0.05) is 39.7 Å². The van der Waals surface area contributed by atoms with Gasteiger partial charge in [0.2, 0.25) is 0 Å². The van der Waals surface area contributed by atoms with Crippen molar-refractivity contribution in [2.24, 2.45) is 0 Å². The highest BCUT2D eigenvalue weighted by atomic mass is 15.2. The molecule has 1 unspecified atom stereocenters. The van der Waals surface area contributed by atoms with Crippen molar-refractivity contribution in [2.75, 3.05) is 9.80 Å². The number of hydrogen-bond donors (Lipinski definition) is 0. The Labute approximate surface area is 275 Å². The topological polar surface area (TPSA) is 6.48 Å². The van der Waals surface area contributed by atoms with Gasteiger partial charge in [-0.2, -0.15) is 0 Å². The maximum atomic E-state index is 2.58. The molecule has 0 spiro atoms. The summed E-state index contributed by atoms with van der Waals surface area (Å²) in [5, 5.41) is 0. The van der Waals surface area contributed by atoms with Crippen LogP contribution in [0.3, 0.4) is 0 Å². The van der Waals surface area contributed by atoms with E-state index in [1.165, 1.54) is 73.7 Å². The highest BCUT2D eigenvalue weighted by Gasteiger charge is 2.38. The van der Waals surface area contributed by atoms with Crippen LogP contribution in [0.4, 0.5) is 22.7 Å². The second-order valence-electron chi connectivity index (χ2n) is 14.7. The lowest BCUT2D eigenvalue weighted by Gasteiger charge is -2.45. The largest absolute Gasteiger partial charge is 0.338 e. The van der Waals surface area contributed by atoms with E-state index in [-0.39, 0.29) is 11.0 Å². The van der Waals surface area contributed by atoms with Crippen LogP contribution in [0.5, 0.6) is 0 Å². The maximum absolute atomic E-state index is 2.58. The van der Waals surface area contributed by atoms with Crippen molar-refractivity contribution in [3.05, 3.63) is 143 Å². The normalized spacial score (nSPS) is 19.0. The molecule has 0 saturated heterocycles. The first kappa shape index (κ1) is 28.9. The van der Waals surface area contributed by atoms with Crippen LogP contribution in [0.2, 0.25) is 0 Å². The second-order valence-corrected chi connectivity index (χ2v) is 14.7. The third kappa shape index (κ3) is 4.69. The van der Waals surface area contributed by atoms with E-state index in [2.05, 4.69) is 166 Å². The molecule has 8 rings (SSSR count). The smallest absolute Gasteiger partial charge is 0.0448 e. The van der Waals surface area contributed by atoms with Crippen LogP contribution in [0, 0.1) is 0 Å². The molecule has 2 aliphatic heterocycles. The fourth-order valence-electron chi connectivity index (χ4n) is 8.31. The molecule has 5 aromatic rings. The van der Waals surface area contributed by atoms with E-state index >= 15 is 0 Å². The highest BCUT2D eigenvalue weighted by Crippen LogP contribution is 2.52. The minimum atomic E-state index is -0.0763. The number of benzene rings is 5. The minimum absolute atomic E-state index is 0.0604. The molecule has 230 valence electrons. The lowest BCUT2D eigenvalue weighted by molar-refractivity contribution is 0.447. The number of anilines is 4. The Bertz CT molecular complexity index is 1980. The molecule has 2 heteroatoms. The predicted molar refractivity (Wildman–Crippen MR) is 197 cm³/mol. The zero-order chi connectivity index (χ0) is 31.6. The molecule has 0 fully saturated rings. The fourth-order valence-corrected chi connectivity index (χ4v) is 8.31. The Balaban J connectivity index is 1.06. The number of hydrogen-bond acceptors (Lipinski definition) is 2. The molecule has 0 saturated carbocycles. The summed E-state index contributed by atoms with van der Waals surface area (Å²) in [7, 11) is 0. The number of para-hydroxylation sites is 2. The summed E-state index contributed by atoms with van der Waals surface area (Å²) in [6.45, 7) is 11.9. The van der Waals surface area contributed by atoms with Gasteiger partial charge in [0.05, 0.1) is 0 Å². The summed E-state index contributed by atoms with van der Waals surface area (Å²) >= 11 is 0. The molecule has 2 heterocycles. The Kier molecular flexibility index (Phi) is 6.76. The summed E-state index contributed by atoms with van der Waals surface area (Å²) in [4.78, 5) is 5.08. The van der Waals surface area contributed by atoms with Gasteiger partial charge in [-0.1, -0.05) is 98.8 Å². The van der Waals surface area contributed by atoms with Crippen LogP contribution < -0.4 is 9.80 Å². The number of aryl methyl sites for hydroxylation is 2. The van der Waals surface area contributed by atoms with E-state index in [0.29, 0.717) is 6.04 Å². The lowest BCUT2D eigenvalue weighted by atomic mass is 9.81. The number of nitrogens with zero attached hydrogens (tertiary/aromatic N) is 2. The first-order valence-corrected chi connectivity index (χ1v) is 17.0.